The predicted molar refractivity (Wildman–Crippen MR) is 66.9 cm³/mol. The summed E-state index contributed by atoms with van der Waals surface area (Å²) in [6, 6.07) is 4.32. The molecule has 1 aromatic carbocycles. The molecule has 1 aromatic rings. The lowest BCUT2D eigenvalue weighted by Crippen LogP contribution is -2.04. The fraction of sp³-hybridized carbons (Fsp3) is 0.500. The highest BCUT2D eigenvalue weighted by Crippen LogP contribution is 2.48. The third kappa shape index (κ3) is 2.25. The number of aryl methyl sites for hydroxylation is 1. The smallest absolute Gasteiger partial charge is 0.126 e. The van der Waals surface area contributed by atoms with Gasteiger partial charge in [-0.25, -0.2) is 0 Å². The van der Waals surface area contributed by atoms with Crippen LogP contribution in [0.1, 0.15) is 23.5 Å². The molecule has 0 amide bonds. The summed E-state index contributed by atoms with van der Waals surface area (Å²) in [6.45, 7) is 2.03. The SMILES string of the molecule is COc1cc(C)cc(OC)c1[C@@H]1C[C@H]1N.Cl. The van der Waals surface area contributed by atoms with Crippen molar-refractivity contribution in [3.63, 3.8) is 0 Å². The van der Waals surface area contributed by atoms with Crippen molar-refractivity contribution in [2.24, 2.45) is 5.73 Å². The third-order valence-electron chi connectivity index (χ3n) is 2.90. The maximum Gasteiger partial charge on any atom is 0.126 e. The fourth-order valence-corrected chi connectivity index (χ4v) is 1.98. The Balaban J connectivity index is 0.00000128. The van der Waals surface area contributed by atoms with Gasteiger partial charge < -0.3 is 15.2 Å². The Labute approximate surface area is 102 Å². The van der Waals surface area contributed by atoms with Gasteiger partial charge in [-0.05, 0) is 31.0 Å². The predicted octanol–water partition coefficient (Wildman–Crippen LogP) is 2.25. The molecule has 0 spiro atoms. The first kappa shape index (κ1) is 13.1. The zero-order valence-corrected chi connectivity index (χ0v) is 10.6. The number of benzene rings is 1. The van der Waals surface area contributed by atoms with Crippen molar-refractivity contribution in [2.45, 2.75) is 25.3 Å². The van der Waals surface area contributed by atoms with Crippen molar-refractivity contribution in [1.29, 1.82) is 0 Å². The molecule has 2 rings (SSSR count). The van der Waals surface area contributed by atoms with E-state index in [0.29, 0.717) is 5.92 Å². The third-order valence-corrected chi connectivity index (χ3v) is 2.90. The first-order valence-corrected chi connectivity index (χ1v) is 5.15. The Kier molecular flexibility index (Phi) is 4.05. The van der Waals surface area contributed by atoms with Crippen LogP contribution in [0.5, 0.6) is 11.5 Å². The van der Waals surface area contributed by atoms with E-state index in [4.69, 9.17) is 15.2 Å². The van der Waals surface area contributed by atoms with Gasteiger partial charge in [-0.15, -0.1) is 12.4 Å². The molecule has 1 saturated carbocycles. The lowest BCUT2D eigenvalue weighted by Gasteiger charge is -2.13. The van der Waals surface area contributed by atoms with Crippen molar-refractivity contribution < 1.29 is 9.47 Å². The summed E-state index contributed by atoms with van der Waals surface area (Å²) in [5.74, 6) is 2.19. The number of nitrogens with two attached hydrogens (primary N) is 1. The minimum Gasteiger partial charge on any atom is -0.496 e. The fourth-order valence-electron chi connectivity index (χ4n) is 1.98. The highest BCUT2D eigenvalue weighted by Gasteiger charge is 2.39. The van der Waals surface area contributed by atoms with Crippen LogP contribution in [0.25, 0.3) is 0 Å². The van der Waals surface area contributed by atoms with Crippen molar-refractivity contribution in [3.05, 3.63) is 23.3 Å². The molecule has 0 saturated heterocycles. The van der Waals surface area contributed by atoms with Crippen LogP contribution in [0.15, 0.2) is 12.1 Å². The van der Waals surface area contributed by atoms with Gasteiger partial charge >= 0.3 is 0 Å². The van der Waals surface area contributed by atoms with E-state index in [1.807, 2.05) is 19.1 Å². The molecule has 2 atom stereocenters. The highest BCUT2D eigenvalue weighted by molar-refractivity contribution is 5.85. The summed E-state index contributed by atoms with van der Waals surface area (Å²) < 4.78 is 10.8. The van der Waals surface area contributed by atoms with E-state index in [-0.39, 0.29) is 18.4 Å². The zero-order chi connectivity index (χ0) is 11.0. The monoisotopic (exact) mass is 243 g/mol. The molecule has 1 fully saturated rings. The number of methoxy groups -OCH3 is 2. The average molecular weight is 244 g/mol. The molecule has 0 radical (unpaired) electrons. The molecule has 4 heteroatoms. The topological polar surface area (TPSA) is 44.5 Å². The van der Waals surface area contributed by atoms with Gasteiger partial charge in [-0.3, -0.25) is 0 Å². The number of halogens is 1. The minimum absolute atomic E-state index is 0. The minimum atomic E-state index is 0. The van der Waals surface area contributed by atoms with Crippen molar-refractivity contribution in [1.82, 2.24) is 0 Å². The maximum atomic E-state index is 5.87. The van der Waals surface area contributed by atoms with E-state index < -0.39 is 0 Å². The molecular formula is C12H18ClNO2. The summed E-state index contributed by atoms with van der Waals surface area (Å²) in [7, 11) is 3.37. The van der Waals surface area contributed by atoms with Crippen LogP contribution in [0.2, 0.25) is 0 Å². The summed E-state index contributed by atoms with van der Waals surface area (Å²) in [5.41, 5.74) is 8.14. The van der Waals surface area contributed by atoms with Gasteiger partial charge in [0.1, 0.15) is 11.5 Å². The molecule has 2 N–H and O–H groups in total. The van der Waals surface area contributed by atoms with Gasteiger partial charge in [-0.1, -0.05) is 0 Å². The van der Waals surface area contributed by atoms with Crippen LogP contribution in [-0.2, 0) is 0 Å². The standard InChI is InChI=1S/C12H17NO2.ClH/c1-7-4-10(14-2)12(8-6-9(8)13)11(5-7)15-3;/h4-5,8-9H,6,13H2,1-3H3;1H/t8-,9-;/m1./s1. The molecule has 0 aromatic heterocycles. The second-order valence-electron chi connectivity index (χ2n) is 4.09. The Bertz CT molecular complexity index is 356. The molecule has 0 aliphatic heterocycles. The summed E-state index contributed by atoms with van der Waals surface area (Å²) >= 11 is 0. The van der Waals surface area contributed by atoms with E-state index in [1.165, 1.54) is 0 Å². The molecule has 1 aliphatic rings. The maximum absolute atomic E-state index is 5.87. The van der Waals surface area contributed by atoms with Crippen LogP contribution in [0.4, 0.5) is 0 Å². The summed E-state index contributed by atoms with van der Waals surface area (Å²) in [4.78, 5) is 0. The van der Waals surface area contributed by atoms with Crippen LogP contribution >= 0.6 is 12.4 Å². The molecule has 16 heavy (non-hydrogen) atoms. The van der Waals surface area contributed by atoms with Crippen molar-refractivity contribution in [2.75, 3.05) is 14.2 Å². The Morgan fingerprint density at radius 1 is 1.19 bits per heavy atom. The largest absolute Gasteiger partial charge is 0.496 e. The second kappa shape index (κ2) is 4.93. The second-order valence-corrected chi connectivity index (χ2v) is 4.09. The van der Waals surface area contributed by atoms with Crippen LogP contribution in [0.3, 0.4) is 0 Å². The molecule has 0 unspecified atom stereocenters. The van der Waals surface area contributed by atoms with Crippen LogP contribution in [0, 0.1) is 6.92 Å². The summed E-state index contributed by atoms with van der Waals surface area (Å²) in [5, 5.41) is 0. The van der Waals surface area contributed by atoms with E-state index in [2.05, 4.69) is 0 Å². The molecule has 90 valence electrons. The van der Waals surface area contributed by atoms with Gasteiger partial charge in [0, 0.05) is 17.5 Å². The van der Waals surface area contributed by atoms with Gasteiger partial charge in [0.2, 0.25) is 0 Å². The van der Waals surface area contributed by atoms with E-state index in [9.17, 15) is 0 Å². The molecule has 0 bridgehead atoms. The first-order chi connectivity index (χ1) is 7.17. The van der Waals surface area contributed by atoms with Gasteiger partial charge in [0.15, 0.2) is 0 Å². The normalized spacial score (nSPS) is 22.2. The van der Waals surface area contributed by atoms with Gasteiger partial charge in [-0.2, -0.15) is 0 Å². The van der Waals surface area contributed by atoms with E-state index in [1.54, 1.807) is 14.2 Å². The van der Waals surface area contributed by atoms with Crippen molar-refractivity contribution >= 4 is 12.4 Å². The molecule has 3 nitrogen and oxygen atoms in total. The van der Waals surface area contributed by atoms with Crippen molar-refractivity contribution in [3.8, 4) is 11.5 Å². The number of ether oxygens (including phenoxy) is 2. The van der Waals surface area contributed by atoms with Gasteiger partial charge in [0.05, 0.1) is 14.2 Å². The number of rotatable bonds is 3. The lowest BCUT2D eigenvalue weighted by molar-refractivity contribution is 0.384. The highest BCUT2D eigenvalue weighted by atomic mass is 35.5. The quantitative estimate of drug-likeness (QED) is 0.886. The average Bonchev–Trinajstić information content (AvgIpc) is 2.93. The zero-order valence-electron chi connectivity index (χ0n) is 9.82. The number of hydrogen-bond acceptors (Lipinski definition) is 3. The van der Waals surface area contributed by atoms with Crippen LogP contribution in [-0.4, -0.2) is 20.3 Å². The molecule has 1 aliphatic carbocycles. The Morgan fingerprint density at radius 3 is 1.94 bits per heavy atom. The van der Waals surface area contributed by atoms with Crippen LogP contribution < -0.4 is 15.2 Å². The van der Waals surface area contributed by atoms with Gasteiger partial charge in [0.25, 0.3) is 0 Å². The molecular weight excluding hydrogens is 226 g/mol. The number of hydrogen-bond donors (Lipinski definition) is 1. The van der Waals surface area contributed by atoms with E-state index >= 15 is 0 Å². The Hall–Kier alpha value is -0.930. The first-order valence-electron chi connectivity index (χ1n) is 5.15. The summed E-state index contributed by atoms with van der Waals surface area (Å²) in [6.07, 6.45) is 1.02. The van der Waals surface area contributed by atoms with E-state index in [0.717, 1.165) is 29.0 Å². The Morgan fingerprint density at radius 2 is 1.62 bits per heavy atom. The molecule has 0 heterocycles. The lowest BCUT2D eigenvalue weighted by atomic mass is 10.0.